The van der Waals surface area contributed by atoms with E-state index in [4.69, 9.17) is 49.1 Å². The van der Waals surface area contributed by atoms with Crippen molar-refractivity contribution in [3.63, 3.8) is 0 Å². The van der Waals surface area contributed by atoms with Crippen molar-refractivity contribution in [2.75, 3.05) is 68.6 Å². The highest BCUT2D eigenvalue weighted by molar-refractivity contribution is 7.14. The van der Waals surface area contributed by atoms with E-state index >= 15 is 0 Å². The molecule has 2 fully saturated rings. The monoisotopic (exact) mass is 1420 g/mol. The van der Waals surface area contributed by atoms with Crippen molar-refractivity contribution in [3.8, 4) is 0 Å². The molecule has 0 radical (unpaired) electrons. The van der Waals surface area contributed by atoms with Gasteiger partial charge in [-0.25, -0.2) is 15.0 Å². The molecule has 96 heavy (non-hydrogen) atoms. The lowest BCUT2D eigenvalue weighted by Crippen LogP contribution is -2.40. The van der Waals surface area contributed by atoms with Crippen LogP contribution in [-0.2, 0) is 54.1 Å². The summed E-state index contributed by atoms with van der Waals surface area (Å²) in [6, 6.07) is 20.2. The third-order valence-electron chi connectivity index (χ3n) is 13.7. The molecule has 4 amide bonds. The summed E-state index contributed by atoms with van der Waals surface area (Å²) in [7, 11) is 0. The number of nitrogens with two attached hydrogens (primary N) is 4. The van der Waals surface area contributed by atoms with Crippen LogP contribution in [0.5, 0.6) is 0 Å². The fourth-order valence-electron chi connectivity index (χ4n) is 8.87. The first kappa shape index (κ1) is 75.5. The Kier molecular flexibility index (Phi) is 27.0. The van der Waals surface area contributed by atoms with Crippen LogP contribution in [0.15, 0.2) is 116 Å². The standard InChI is InChI=1S/C18H19F3N4O3S.C18H21F3N4O2S.C14H14F3N3O2S.C13H13ClN2/c1-10(22)16-23-9-14(29-16)15(26)24-13-7-11(6-12(8-13)18(19,20)21)17(27)25-2-4-28-5-3-25;1-11(22)17-23-9-15(28-17)16(26)24-14-7-12(6-13(8-14)18(19,20)21)10-25-2-4-27-5-3-25;1-7(18)13-19-5-11(23-13)12(22)20-10-3-8(6-21)2-9(4-10)14(15,16)17;14-12-4-1-10(2-5-12)7-13-6-3-11(8-15)9-16-13/h6-10H,2-5,22H2,1H3,(H,24,26);6-9,11H,2-5,10,22H2,1H3,(H,24,26);2-5,7,21H,6,18H2,1H3,(H,20,22);1-6,9H,7-8,15H2. The molecule has 33 heteroatoms. The fraction of sp³-hybridized carbons (Fsp3) is 0.333. The maximum absolute atomic E-state index is 13.3. The molecule has 0 spiro atoms. The molecule has 4 aromatic heterocycles. The van der Waals surface area contributed by atoms with Gasteiger partial charge in [-0.1, -0.05) is 29.8 Å². The Bertz CT molecular complexity index is 3900. The summed E-state index contributed by atoms with van der Waals surface area (Å²) in [6.45, 7) is 9.10. The van der Waals surface area contributed by atoms with Crippen LogP contribution in [0, 0.1) is 0 Å². The third-order valence-corrected chi connectivity index (χ3v) is 17.6. The Labute approximate surface area is 562 Å². The van der Waals surface area contributed by atoms with E-state index in [0.717, 1.165) is 93.1 Å². The van der Waals surface area contributed by atoms with Crippen molar-refractivity contribution in [2.24, 2.45) is 22.9 Å². The van der Waals surface area contributed by atoms with E-state index in [-0.39, 0.29) is 69.2 Å². The topological polar surface area (TPSA) is 305 Å². The Morgan fingerprint density at radius 3 is 1.34 bits per heavy atom. The molecule has 4 aromatic carbocycles. The minimum absolute atomic E-state index is 0.0513. The molecule has 6 heterocycles. The minimum Gasteiger partial charge on any atom is -0.392 e. The smallest absolute Gasteiger partial charge is 0.392 e. The first-order valence-corrected chi connectivity index (χ1v) is 32.1. The van der Waals surface area contributed by atoms with E-state index in [1.54, 1.807) is 26.8 Å². The van der Waals surface area contributed by atoms with Crippen LogP contribution in [0.2, 0.25) is 5.02 Å². The van der Waals surface area contributed by atoms with Crippen molar-refractivity contribution < 1.29 is 73.3 Å². The summed E-state index contributed by atoms with van der Waals surface area (Å²) in [5.41, 5.74) is 23.4. The van der Waals surface area contributed by atoms with E-state index in [2.05, 4.69) is 35.9 Å². The Hall–Kier alpha value is -7.86. The maximum atomic E-state index is 13.3. The largest absolute Gasteiger partial charge is 0.416 e. The average molecular weight is 1420 g/mol. The number of aliphatic hydroxyl groups is 1. The lowest BCUT2D eigenvalue weighted by Gasteiger charge is -2.27. The number of benzene rings is 4. The van der Waals surface area contributed by atoms with E-state index in [9.17, 15) is 58.7 Å². The normalized spacial score (nSPS) is 14.5. The van der Waals surface area contributed by atoms with Crippen LogP contribution < -0.4 is 38.9 Å². The predicted molar refractivity (Wildman–Crippen MR) is 347 cm³/mol. The number of hydrogen-bond donors (Lipinski definition) is 8. The number of morpholine rings is 2. The van der Waals surface area contributed by atoms with Crippen molar-refractivity contribution >= 4 is 86.3 Å². The number of carbonyl (C=O) groups is 4. The number of carbonyl (C=O) groups excluding carboxylic acids is 4. The second-order valence-corrected chi connectivity index (χ2v) is 25.3. The molecular formula is C63H67ClF9N13O7S3. The number of rotatable bonds is 16. The zero-order chi connectivity index (χ0) is 70.1. The number of nitrogens with one attached hydrogen (secondary N) is 3. The Morgan fingerprint density at radius 1 is 0.542 bits per heavy atom. The lowest BCUT2D eigenvalue weighted by molar-refractivity contribution is -0.138. The van der Waals surface area contributed by atoms with Crippen LogP contribution in [-0.4, -0.2) is 111 Å². The van der Waals surface area contributed by atoms with Gasteiger partial charge < -0.3 is 58.4 Å². The second-order valence-electron chi connectivity index (χ2n) is 21.7. The second kappa shape index (κ2) is 34.4. The predicted octanol–water partition coefficient (Wildman–Crippen LogP) is 11.9. The van der Waals surface area contributed by atoms with Gasteiger partial charge in [-0.2, -0.15) is 39.5 Å². The van der Waals surface area contributed by atoms with Crippen LogP contribution in [0.3, 0.4) is 0 Å². The van der Waals surface area contributed by atoms with Crippen LogP contribution in [0.25, 0.3) is 0 Å². The quantitative estimate of drug-likeness (QED) is 0.0417. The maximum Gasteiger partial charge on any atom is 0.416 e. The summed E-state index contributed by atoms with van der Waals surface area (Å²) in [5, 5.41) is 18.8. The molecule has 3 atom stereocenters. The van der Waals surface area contributed by atoms with Gasteiger partial charge in [0.2, 0.25) is 0 Å². The zero-order valence-electron chi connectivity index (χ0n) is 51.6. The molecule has 2 saturated heterocycles. The van der Waals surface area contributed by atoms with Gasteiger partial charge >= 0.3 is 18.5 Å². The van der Waals surface area contributed by atoms with E-state index in [1.807, 2.05) is 47.5 Å². The number of nitrogens with zero attached hydrogens (tertiary/aromatic N) is 6. The molecule has 10 rings (SSSR count). The van der Waals surface area contributed by atoms with E-state index in [1.165, 1.54) is 41.2 Å². The molecule has 0 aliphatic carbocycles. The molecule has 2 aliphatic heterocycles. The van der Waals surface area contributed by atoms with Crippen molar-refractivity contribution in [1.29, 1.82) is 0 Å². The highest BCUT2D eigenvalue weighted by Crippen LogP contribution is 2.36. The van der Waals surface area contributed by atoms with Crippen molar-refractivity contribution in [2.45, 2.75) is 83.5 Å². The number of amides is 4. The fourth-order valence-corrected chi connectivity index (χ4v) is 11.3. The third kappa shape index (κ3) is 22.9. The first-order valence-electron chi connectivity index (χ1n) is 29.2. The van der Waals surface area contributed by atoms with Crippen molar-refractivity contribution in [3.05, 3.63) is 201 Å². The minimum atomic E-state index is -4.67. The molecule has 3 unspecified atom stereocenters. The zero-order valence-corrected chi connectivity index (χ0v) is 54.8. The van der Waals surface area contributed by atoms with Gasteiger partial charge in [-0.3, -0.25) is 29.1 Å². The summed E-state index contributed by atoms with van der Waals surface area (Å²) in [5.74, 6) is -2.27. The summed E-state index contributed by atoms with van der Waals surface area (Å²) < 4.78 is 129. The lowest BCUT2D eigenvalue weighted by atomic mass is 10.1. The summed E-state index contributed by atoms with van der Waals surface area (Å²) >= 11 is 9.06. The number of aliphatic hydroxyl groups excluding tert-OH is 1. The van der Waals surface area contributed by atoms with Gasteiger partial charge in [0.15, 0.2) is 0 Å². The molecule has 0 bridgehead atoms. The number of alkyl halides is 9. The van der Waals surface area contributed by atoms with Gasteiger partial charge in [0, 0.05) is 85.2 Å². The molecule has 514 valence electrons. The number of halogens is 10. The van der Waals surface area contributed by atoms with Crippen LogP contribution >= 0.6 is 45.6 Å². The molecule has 8 aromatic rings. The van der Waals surface area contributed by atoms with E-state index in [0.29, 0.717) is 78.1 Å². The molecular weight excluding hydrogens is 1350 g/mol. The number of aromatic nitrogens is 4. The van der Waals surface area contributed by atoms with Gasteiger partial charge in [-0.15, -0.1) is 34.0 Å². The summed E-state index contributed by atoms with van der Waals surface area (Å²) in [4.78, 5) is 70.2. The number of thiazole rings is 3. The SMILES string of the molecule is CC(N)c1ncc(C(=O)Nc2cc(C(=O)N3CCOCC3)cc(C(F)(F)F)c2)s1.CC(N)c1ncc(C(=O)Nc2cc(CN3CCOCC3)cc(C(F)(F)F)c2)s1.CC(N)c1ncc(C(=O)Nc2cc(CO)cc(C(F)(F)F)c2)s1.NCc1ccc(Cc2ccc(Cl)cc2)nc1. The molecule has 12 N–H and O–H groups in total. The van der Waals surface area contributed by atoms with Crippen molar-refractivity contribution in [1.82, 2.24) is 29.7 Å². The number of anilines is 3. The van der Waals surface area contributed by atoms with Crippen LogP contribution in [0.1, 0.15) is 138 Å². The Balaban J connectivity index is 0.000000184. The molecule has 2 aliphatic rings. The number of pyridine rings is 1. The van der Waals surface area contributed by atoms with Gasteiger partial charge in [-0.05, 0) is 116 Å². The molecule has 0 saturated carbocycles. The molecule has 20 nitrogen and oxygen atoms in total. The highest BCUT2D eigenvalue weighted by atomic mass is 35.5. The van der Waals surface area contributed by atoms with E-state index < -0.39 is 65.5 Å². The highest BCUT2D eigenvalue weighted by Gasteiger charge is 2.35. The van der Waals surface area contributed by atoms with Gasteiger partial charge in [0.05, 0.1) is 86.4 Å². The Morgan fingerprint density at radius 2 is 0.948 bits per heavy atom. The van der Waals surface area contributed by atoms with Crippen LogP contribution in [0.4, 0.5) is 56.6 Å². The number of ether oxygens (including phenoxy) is 2. The average Bonchev–Trinajstić information content (AvgIpc) is 1.02. The van der Waals surface area contributed by atoms with Gasteiger partial charge in [0.1, 0.15) is 29.7 Å². The summed E-state index contributed by atoms with van der Waals surface area (Å²) in [6.07, 6.45) is -7.10. The van der Waals surface area contributed by atoms with Gasteiger partial charge in [0.25, 0.3) is 23.6 Å². The number of hydrogen-bond acceptors (Lipinski definition) is 19. The first-order chi connectivity index (χ1) is 45.3.